The number of hydrogen-bond acceptors (Lipinski definition) is 3. The fraction of sp³-hybridized carbons (Fsp3) is 0.471. The van der Waals surface area contributed by atoms with E-state index in [2.05, 4.69) is 17.6 Å². The molecule has 1 aliphatic carbocycles. The van der Waals surface area contributed by atoms with Gasteiger partial charge < -0.3 is 15.1 Å². The Morgan fingerprint density at radius 2 is 1.90 bits per heavy atom. The van der Waals surface area contributed by atoms with Crippen LogP contribution >= 0.6 is 0 Å². The molecule has 1 heterocycles. The summed E-state index contributed by atoms with van der Waals surface area (Å²) in [5, 5.41) is 7.55. The summed E-state index contributed by atoms with van der Waals surface area (Å²) in [4.78, 5) is 12.3. The lowest BCUT2D eigenvalue weighted by molar-refractivity contribution is 0.0898. The van der Waals surface area contributed by atoms with Crippen LogP contribution in [0.1, 0.15) is 43.2 Å². The zero-order valence-corrected chi connectivity index (χ0v) is 12.4. The predicted octanol–water partition coefficient (Wildman–Crippen LogP) is 3.08. The van der Waals surface area contributed by atoms with E-state index in [1.54, 1.807) is 0 Å². The second-order valence-corrected chi connectivity index (χ2v) is 5.73. The monoisotopic (exact) mass is 286 g/mol. The van der Waals surface area contributed by atoms with Crippen LogP contribution in [0.4, 0.5) is 0 Å². The maximum Gasteiger partial charge on any atom is 0.287 e. The molecule has 4 heteroatoms. The molecule has 1 saturated carbocycles. The third-order valence-corrected chi connectivity index (χ3v) is 4.20. The minimum Gasteiger partial charge on any atom is -0.451 e. The van der Waals surface area contributed by atoms with Crippen molar-refractivity contribution in [2.75, 3.05) is 6.54 Å². The lowest BCUT2D eigenvalue weighted by Crippen LogP contribution is -2.42. The van der Waals surface area contributed by atoms with Crippen molar-refractivity contribution in [2.45, 2.75) is 44.7 Å². The zero-order chi connectivity index (χ0) is 14.7. The fourth-order valence-electron chi connectivity index (χ4n) is 3.08. The summed E-state index contributed by atoms with van der Waals surface area (Å²) >= 11 is 0. The topological polar surface area (TPSA) is 54.3 Å². The lowest BCUT2D eigenvalue weighted by Gasteiger charge is -2.29. The number of carbonyl (C=O) groups excluding carboxylic acids is 1. The number of hydrogen-bond donors (Lipinski definition) is 2. The summed E-state index contributed by atoms with van der Waals surface area (Å²) in [7, 11) is 0. The van der Waals surface area contributed by atoms with Gasteiger partial charge >= 0.3 is 0 Å². The van der Waals surface area contributed by atoms with E-state index in [1.165, 1.54) is 0 Å². The highest BCUT2D eigenvalue weighted by Gasteiger charge is 2.23. The van der Waals surface area contributed by atoms with Gasteiger partial charge in [-0.3, -0.25) is 4.79 Å². The minimum absolute atomic E-state index is 0.0990. The summed E-state index contributed by atoms with van der Waals surface area (Å²) in [6.07, 6.45) is 4.31. The maximum atomic E-state index is 12.3. The van der Waals surface area contributed by atoms with Crippen molar-refractivity contribution < 1.29 is 9.21 Å². The van der Waals surface area contributed by atoms with E-state index in [9.17, 15) is 4.79 Å². The highest BCUT2D eigenvalue weighted by molar-refractivity contribution is 5.96. The Morgan fingerprint density at radius 1 is 1.19 bits per heavy atom. The summed E-state index contributed by atoms with van der Waals surface area (Å²) in [6, 6.07) is 10.4. The summed E-state index contributed by atoms with van der Waals surface area (Å²) in [5.41, 5.74) is 0.763. The van der Waals surface area contributed by atoms with Crippen molar-refractivity contribution >= 4 is 16.9 Å². The number of amides is 1. The Kier molecular flexibility index (Phi) is 4.25. The molecule has 2 aromatic rings. The van der Waals surface area contributed by atoms with Crippen LogP contribution in [-0.2, 0) is 0 Å². The number of rotatable bonds is 4. The number of fused-ring (bicyclic) bond motifs is 1. The molecule has 0 bridgehead atoms. The van der Waals surface area contributed by atoms with Crippen LogP contribution in [0.2, 0.25) is 0 Å². The molecule has 4 nitrogen and oxygen atoms in total. The van der Waals surface area contributed by atoms with Gasteiger partial charge in [0.25, 0.3) is 5.91 Å². The van der Waals surface area contributed by atoms with Gasteiger partial charge in [-0.1, -0.05) is 25.1 Å². The summed E-state index contributed by atoms with van der Waals surface area (Å²) in [6.45, 7) is 3.15. The third kappa shape index (κ3) is 3.27. The van der Waals surface area contributed by atoms with E-state index < -0.39 is 0 Å². The van der Waals surface area contributed by atoms with Crippen LogP contribution in [-0.4, -0.2) is 24.5 Å². The molecule has 0 atom stereocenters. The first kappa shape index (κ1) is 14.1. The molecule has 1 amide bonds. The van der Waals surface area contributed by atoms with Gasteiger partial charge in [-0.25, -0.2) is 0 Å². The molecule has 0 saturated heterocycles. The van der Waals surface area contributed by atoms with E-state index in [-0.39, 0.29) is 11.9 Å². The van der Waals surface area contributed by atoms with E-state index in [0.717, 1.165) is 43.2 Å². The molecule has 1 aromatic heterocycles. The molecule has 112 valence electrons. The van der Waals surface area contributed by atoms with Crippen molar-refractivity contribution in [3.8, 4) is 0 Å². The van der Waals surface area contributed by atoms with E-state index in [1.807, 2.05) is 30.3 Å². The van der Waals surface area contributed by atoms with Crippen molar-refractivity contribution in [1.82, 2.24) is 10.6 Å². The van der Waals surface area contributed by atoms with Gasteiger partial charge in [-0.05, 0) is 44.4 Å². The van der Waals surface area contributed by atoms with Crippen LogP contribution in [0.15, 0.2) is 34.7 Å². The number of furan rings is 1. The highest BCUT2D eigenvalue weighted by Crippen LogP contribution is 2.21. The van der Waals surface area contributed by atoms with Crippen molar-refractivity contribution in [3.05, 3.63) is 36.1 Å². The molecule has 3 rings (SSSR count). The molecule has 1 fully saturated rings. The molecular weight excluding hydrogens is 264 g/mol. The highest BCUT2D eigenvalue weighted by atomic mass is 16.3. The molecule has 1 aromatic carbocycles. The average Bonchev–Trinajstić information content (AvgIpc) is 2.94. The van der Waals surface area contributed by atoms with Crippen LogP contribution in [0.3, 0.4) is 0 Å². The second kappa shape index (κ2) is 6.31. The molecule has 1 aliphatic rings. The Morgan fingerprint density at radius 3 is 2.62 bits per heavy atom. The van der Waals surface area contributed by atoms with Crippen molar-refractivity contribution in [2.24, 2.45) is 0 Å². The molecular formula is C17H22N2O2. The van der Waals surface area contributed by atoms with Gasteiger partial charge in [-0.2, -0.15) is 0 Å². The molecule has 2 N–H and O–H groups in total. The number of carbonyl (C=O) groups is 1. The summed E-state index contributed by atoms with van der Waals surface area (Å²) in [5.74, 6) is 0.308. The van der Waals surface area contributed by atoms with Crippen LogP contribution in [0.5, 0.6) is 0 Å². The van der Waals surface area contributed by atoms with E-state index in [0.29, 0.717) is 11.8 Å². The second-order valence-electron chi connectivity index (χ2n) is 5.73. The third-order valence-electron chi connectivity index (χ3n) is 4.20. The fourth-order valence-corrected chi connectivity index (χ4v) is 3.08. The number of benzene rings is 1. The SMILES string of the molecule is CCNC1CCC(NC(=O)c2cc3ccccc3o2)CC1. The van der Waals surface area contributed by atoms with Crippen LogP contribution in [0, 0.1) is 0 Å². The van der Waals surface area contributed by atoms with Gasteiger partial charge in [-0.15, -0.1) is 0 Å². The molecule has 0 spiro atoms. The Balaban J connectivity index is 1.59. The molecule has 0 unspecified atom stereocenters. The van der Waals surface area contributed by atoms with Gasteiger partial charge in [0.1, 0.15) is 5.58 Å². The van der Waals surface area contributed by atoms with Gasteiger partial charge in [0.15, 0.2) is 5.76 Å². The first-order valence-corrected chi connectivity index (χ1v) is 7.79. The normalized spacial score (nSPS) is 22.3. The molecule has 21 heavy (non-hydrogen) atoms. The van der Waals surface area contributed by atoms with E-state index in [4.69, 9.17) is 4.42 Å². The summed E-state index contributed by atoms with van der Waals surface area (Å²) < 4.78 is 5.61. The standard InChI is InChI=1S/C17H22N2O2/c1-2-18-13-7-9-14(10-8-13)19-17(20)16-11-12-5-3-4-6-15(12)21-16/h3-6,11,13-14,18H,2,7-10H2,1H3,(H,19,20). The van der Waals surface area contributed by atoms with Gasteiger partial charge in [0.05, 0.1) is 0 Å². The Labute approximate surface area is 124 Å². The Hall–Kier alpha value is -1.81. The van der Waals surface area contributed by atoms with Crippen molar-refractivity contribution in [3.63, 3.8) is 0 Å². The number of para-hydroxylation sites is 1. The zero-order valence-electron chi connectivity index (χ0n) is 12.4. The predicted molar refractivity (Wildman–Crippen MR) is 83.4 cm³/mol. The van der Waals surface area contributed by atoms with Crippen LogP contribution in [0.25, 0.3) is 11.0 Å². The quantitative estimate of drug-likeness (QED) is 0.908. The van der Waals surface area contributed by atoms with Crippen molar-refractivity contribution in [1.29, 1.82) is 0 Å². The lowest BCUT2D eigenvalue weighted by atomic mass is 9.91. The largest absolute Gasteiger partial charge is 0.451 e. The first-order chi connectivity index (χ1) is 10.3. The smallest absolute Gasteiger partial charge is 0.287 e. The molecule has 0 aliphatic heterocycles. The average molecular weight is 286 g/mol. The van der Waals surface area contributed by atoms with Gasteiger partial charge in [0.2, 0.25) is 0 Å². The first-order valence-electron chi connectivity index (χ1n) is 7.79. The Bertz CT molecular complexity index is 579. The minimum atomic E-state index is -0.0990. The van der Waals surface area contributed by atoms with Gasteiger partial charge in [0, 0.05) is 17.5 Å². The van der Waals surface area contributed by atoms with E-state index >= 15 is 0 Å². The van der Waals surface area contributed by atoms with Crippen LogP contribution < -0.4 is 10.6 Å². The number of nitrogens with one attached hydrogen (secondary N) is 2. The maximum absolute atomic E-state index is 12.3. The molecule has 0 radical (unpaired) electrons.